The first-order valence-corrected chi connectivity index (χ1v) is 8.05. The summed E-state index contributed by atoms with van der Waals surface area (Å²) in [5, 5.41) is 12.2. The van der Waals surface area contributed by atoms with E-state index < -0.39 is 6.10 Å². The zero-order valence-corrected chi connectivity index (χ0v) is 12.9. The number of benzene rings is 2. The van der Waals surface area contributed by atoms with Gasteiger partial charge in [-0.05, 0) is 11.6 Å². The summed E-state index contributed by atoms with van der Waals surface area (Å²) in [6, 6.07) is 17.4. The van der Waals surface area contributed by atoms with Crippen molar-refractivity contribution >= 4 is 22.4 Å². The van der Waals surface area contributed by atoms with Crippen LogP contribution in [0.2, 0.25) is 0 Å². The van der Waals surface area contributed by atoms with E-state index in [9.17, 15) is 4.79 Å². The van der Waals surface area contributed by atoms with E-state index in [1.54, 1.807) is 0 Å². The predicted octanol–water partition coefficient (Wildman–Crippen LogP) is 3.15. The second-order valence-corrected chi connectivity index (χ2v) is 6.16. The number of para-hydroxylation sites is 1. The number of rotatable bonds is 3. The molecule has 114 valence electrons. The smallest absolute Gasteiger partial charge is 0.267 e. The fourth-order valence-electron chi connectivity index (χ4n) is 2.49. The number of carbonyl (C=O) groups excluding carboxylic acids is 1. The molecule has 0 fully saturated rings. The van der Waals surface area contributed by atoms with Crippen molar-refractivity contribution in [1.82, 2.24) is 10.2 Å². The van der Waals surface area contributed by atoms with Crippen LogP contribution in [-0.4, -0.2) is 22.2 Å². The summed E-state index contributed by atoms with van der Waals surface area (Å²) in [7, 11) is 0. The number of anilines is 1. The van der Waals surface area contributed by atoms with Crippen molar-refractivity contribution in [2.24, 2.45) is 0 Å². The molecule has 2 aromatic carbocycles. The van der Waals surface area contributed by atoms with Crippen LogP contribution in [0, 0.1) is 0 Å². The normalized spacial score (nSPS) is 15.7. The van der Waals surface area contributed by atoms with Crippen LogP contribution >= 0.6 is 11.3 Å². The highest BCUT2D eigenvalue weighted by atomic mass is 32.1. The van der Waals surface area contributed by atoms with Crippen molar-refractivity contribution in [2.45, 2.75) is 12.5 Å². The molecule has 1 amide bonds. The highest BCUT2D eigenvalue weighted by Gasteiger charge is 2.29. The van der Waals surface area contributed by atoms with Crippen LogP contribution in [0.25, 0.3) is 10.6 Å². The second kappa shape index (κ2) is 5.81. The monoisotopic (exact) mass is 323 g/mol. The van der Waals surface area contributed by atoms with Crippen LogP contribution in [-0.2, 0) is 11.2 Å². The Morgan fingerprint density at radius 3 is 2.70 bits per heavy atom. The summed E-state index contributed by atoms with van der Waals surface area (Å²) in [4.78, 5) is 12.3. The van der Waals surface area contributed by atoms with Crippen LogP contribution in [0.3, 0.4) is 0 Å². The first-order chi connectivity index (χ1) is 11.3. The van der Waals surface area contributed by atoms with E-state index in [0.29, 0.717) is 11.6 Å². The van der Waals surface area contributed by atoms with Gasteiger partial charge in [-0.2, -0.15) is 0 Å². The van der Waals surface area contributed by atoms with Crippen molar-refractivity contribution in [3.8, 4) is 16.3 Å². The van der Waals surface area contributed by atoms with Crippen LogP contribution in [0.4, 0.5) is 5.13 Å². The summed E-state index contributed by atoms with van der Waals surface area (Å²) in [5.74, 6) is 0.576. The molecule has 1 aliphatic heterocycles. The third-order valence-corrected chi connectivity index (χ3v) is 4.50. The molecule has 0 aliphatic carbocycles. The third-order valence-electron chi connectivity index (χ3n) is 3.62. The fourth-order valence-corrected chi connectivity index (χ4v) is 3.24. The highest BCUT2D eigenvalue weighted by molar-refractivity contribution is 7.18. The number of nitrogens with one attached hydrogen (secondary N) is 1. The van der Waals surface area contributed by atoms with E-state index in [-0.39, 0.29) is 5.91 Å². The van der Waals surface area contributed by atoms with Gasteiger partial charge in [0.1, 0.15) is 10.8 Å². The average molecular weight is 323 g/mol. The quantitative estimate of drug-likeness (QED) is 0.804. The van der Waals surface area contributed by atoms with Crippen molar-refractivity contribution < 1.29 is 9.53 Å². The molecule has 1 aliphatic rings. The number of aromatic nitrogens is 2. The lowest BCUT2D eigenvalue weighted by atomic mass is 10.1. The molecule has 1 unspecified atom stereocenters. The number of nitrogens with zero attached hydrogens (tertiary/aromatic N) is 2. The molecular formula is C17H13N3O2S. The Bertz CT molecular complexity index is 823. The van der Waals surface area contributed by atoms with Crippen molar-refractivity contribution in [3.63, 3.8) is 0 Å². The SMILES string of the molecule is O=C(Nc1nnc(-c2ccccc2)s1)C1Cc2ccccc2O1. The molecule has 1 atom stereocenters. The summed E-state index contributed by atoms with van der Waals surface area (Å²) in [6.45, 7) is 0. The first-order valence-electron chi connectivity index (χ1n) is 7.24. The minimum Gasteiger partial charge on any atom is -0.480 e. The molecule has 0 spiro atoms. The first kappa shape index (κ1) is 13.9. The topological polar surface area (TPSA) is 64.1 Å². The molecule has 0 saturated carbocycles. The lowest BCUT2D eigenvalue weighted by molar-refractivity contribution is -0.122. The summed E-state index contributed by atoms with van der Waals surface area (Å²) >= 11 is 1.35. The molecule has 5 nitrogen and oxygen atoms in total. The third kappa shape index (κ3) is 2.80. The van der Waals surface area contributed by atoms with Crippen LogP contribution in [0.15, 0.2) is 54.6 Å². The van der Waals surface area contributed by atoms with Crippen molar-refractivity contribution in [2.75, 3.05) is 5.32 Å². The molecular weight excluding hydrogens is 310 g/mol. The van der Waals surface area contributed by atoms with Crippen molar-refractivity contribution in [3.05, 3.63) is 60.2 Å². The second-order valence-electron chi connectivity index (χ2n) is 5.19. The lowest BCUT2D eigenvalue weighted by Crippen LogP contribution is -2.31. The van der Waals surface area contributed by atoms with Gasteiger partial charge in [0.2, 0.25) is 5.13 Å². The molecule has 1 aromatic heterocycles. The maximum atomic E-state index is 12.3. The van der Waals surface area contributed by atoms with E-state index in [2.05, 4.69) is 15.5 Å². The number of ether oxygens (including phenoxy) is 1. The molecule has 23 heavy (non-hydrogen) atoms. The van der Waals surface area contributed by atoms with E-state index in [1.807, 2.05) is 54.6 Å². The van der Waals surface area contributed by atoms with E-state index in [0.717, 1.165) is 21.9 Å². The fraction of sp³-hybridized carbons (Fsp3) is 0.118. The Hall–Kier alpha value is -2.73. The predicted molar refractivity (Wildman–Crippen MR) is 88.5 cm³/mol. The average Bonchev–Trinajstić information content (AvgIpc) is 3.22. The Morgan fingerprint density at radius 2 is 1.87 bits per heavy atom. The van der Waals surface area contributed by atoms with Gasteiger partial charge < -0.3 is 4.74 Å². The molecule has 2 heterocycles. The lowest BCUT2D eigenvalue weighted by Gasteiger charge is -2.08. The maximum absolute atomic E-state index is 12.3. The van der Waals surface area contributed by atoms with E-state index >= 15 is 0 Å². The zero-order chi connectivity index (χ0) is 15.6. The molecule has 3 aromatic rings. The Labute approximate surface area is 137 Å². The van der Waals surface area contributed by atoms with Crippen LogP contribution < -0.4 is 10.1 Å². The number of amides is 1. The van der Waals surface area contributed by atoms with Gasteiger partial charge in [-0.15, -0.1) is 10.2 Å². The molecule has 1 N–H and O–H groups in total. The van der Waals surface area contributed by atoms with Gasteiger partial charge >= 0.3 is 0 Å². The Balaban J connectivity index is 1.45. The maximum Gasteiger partial charge on any atom is 0.267 e. The van der Waals surface area contributed by atoms with Gasteiger partial charge in [-0.3, -0.25) is 10.1 Å². The molecule has 4 rings (SSSR count). The summed E-state index contributed by atoms with van der Waals surface area (Å²) in [5.41, 5.74) is 2.03. The number of fused-ring (bicyclic) bond motifs is 1. The van der Waals surface area contributed by atoms with E-state index in [4.69, 9.17) is 4.74 Å². The standard InChI is InChI=1S/C17H13N3O2S/c21-15(14-10-12-8-4-5-9-13(12)22-14)18-17-20-19-16(23-17)11-6-2-1-3-7-11/h1-9,14H,10H2,(H,18,20,21). The van der Waals surface area contributed by atoms with E-state index in [1.165, 1.54) is 11.3 Å². The highest BCUT2D eigenvalue weighted by Crippen LogP contribution is 2.30. The van der Waals surface area contributed by atoms with Gasteiger partial charge in [0, 0.05) is 12.0 Å². The number of hydrogen-bond acceptors (Lipinski definition) is 5. The summed E-state index contributed by atoms with van der Waals surface area (Å²) in [6.07, 6.45) is 0.0586. The van der Waals surface area contributed by atoms with Crippen LogP contribution in [0.1, 0.15) is 5.56 Å². The largest absolute Gasteiger partial charge is 0.480 e. The zero-order valence-electron chi connectivity index (χ0n) is 12.1. The number of carbonyl (C=O) groups is 1. The van der Waals surface area contributed by atoms with Gasteiger partial charge in [0.25, 0.3) is 5.91 Å². The Morgan fingerprint density at radius 1 is 1.09 bits per heavy atom. The molecule has 0 saturated heterocycles. The van der Waals surface area contributed by atoms with Crippen molar-refractivity contribution in [1.29, 1.82) is 0 Å². The van der Waals surface area contributed by atoms with Gasteiger partial charge in [0.05, 0.1) is 0 Å². The van der Waals surface area contributed by atoms with Gasteiger partial charge in [0.15, 0.2) is 6.10 Å². The molecule has 0 radical (unpaired) electrons. The summed E-state index contributed by atoms with van der Waals surface area (Å²) < 4.78 is 5.68. The molecule has 6 heteroatoms. The van der Waals surface area contributed by atoms with Crippen LogP contribution in [0.5, 0.6) is 5.75 Å². The van der Waals surface area contributed by atoms with Gasteiger partial charge in [-0.25, -0.2) is 0 Å². The molecule has 0 bridgehead atoms. The number of hydrogen-bond donors (Lipinski definition) is 1. The van der Waals surface area contributed by atoms with Gasteiger partial charge in [-0.1, -0.05) is 59.9 Å². The minimum absolute atomic E-state index is 0.197. The Kier molecular flexibility index (Phi) is 3.51. The minimum atomic E-state index is -0.517.